The second-order valence-corrected chi connectivity index (χ2v) is 12.3. The second-order valence-electron chi connectivity index (χ2n) is 9.52. The molecule has 0 N–H and O–H groups in total. The molecule has 2 heterocycles. The van der Waals surface area contributed by atoms with Crippen molar-refractivity contribution in [2.45, 2.75) is 28.5 Å². The normalized spacial score (nSPS) is 14.9. The molecule has 1 amide bonds. The maximum absolute atomic E-state index is 13.3. The maximum atomic E-state index is 13.3. The first-order chi connectivity index (χ1) is 18.4. The van der Waals surface area contributed by atoms with Crippen molar-refractivity contribution in [3.63, 3.8) is 0 Å². The fourth-order valence-electron chi connectivity index (χ4n) is 4.96. The highest BCUT2D eigenvalue weighted by atomic mass is 32.2. The van der Waals surface area contributed by atoms with Crippen LogP contribution in [-0.4, -0.2) is 61.5 Å². The number of pyridine rings is 1. The van der Waals surface area contributed by atoms with Crippen molar-refractivity contribution in [3.8, 4) is 0 Å². The number of hydrogen-bond acceptors (Lipinski definition) is 6. The van der Waals surface area contributed by atoms with E-state index in [4.69, 9.17) is 0 Å². The third-order valence-electron chi connectivity index (χ3n) is 6.95. The number of nitrogens with zero attached hydrogens (tertiary/aromatic N) is 3. The van der Waals surface area contributed by atoms with Gasteiger partial charge in [-0.25, -0.2) is 8.42 Å². The quantitative estimate of drug-likeness (QED) is 0.295. The summed E-state index contributed by atoms with van der Waals surface area (Å²) in [6.45, 7) is 4.04. The molecule has 3 aromatic carbocycles. The molecule has 1 aliphatic heterocycles. The molecular weight excluding hydrogens is 514 g/mol. The number of sulfone groups is 1. The summed E-state index contributed by atoms with van der Waals surface area (Å²) >= 11 is 1.76. The number of amides is 1. The molecule has 0 spiro atoms. The van der Waals surface area contributed by atoms with Gasteiger partial charge in [-0.3, -0.25) is 14.7 Å². The van der Waals surface area contributed by atoms with E-state index in [1.807, 2.05) is 17.0 Å². The molecule has 1 fully saturated rings. The maximum Gasteiger partial charge on any atom is 0.253 e. The Morgan fingerprint density at radius 1 is 0.895 bits per heavy atom. The van der Waals surface area contributed by atoms with Gasteiger partial charge in [0.1, 0.15) is 0 Å². The first kappa shape index (κ1) is 26.4. The summed E-state index contributed by atoms with van der Waals surface area (Å²) in [4.78, 5) is 23.4. The zero-order valence-corrected chi connectivity index (χ0v) is 23.0. The summed E-state index contributed by atoms with van der Waals surface area (Å²) in [5.41, 5.74) is 3.03. The highest BCUT2D eigenvalue weighted by molar-refractivity contribution is 7.98. The molecule has 0 saturated carbocycles. The standard InChI is InChI=1S/C30H31N3O3S2/c1-37-27-10-3-2-7-26(27)21-32-17-6-18-33(20-19-32)30(34)25-14-12-23(13-15-25)22-38(35,36)28-11-4-8-24-9-5-16-31-29(24)28/h2-5,7-16H,6,17-22H2,1H3. The molecule has 1 aliphatic rings. The van der Waals surface area contributed by atoms with Crippen LogP contribution in [0.15, 0.2) is 94.9 Å². The summed E-state index contributed by atoms with van der Waals surface area (Å²) in [6.07, 6.45) is 4.62. The van der Waals surface area contributed by atoms with Gasteiger partial charge in [-0.1, -0.05) is 48.5 Å². The predicted molar refractivity (Wildman–Crippen MR) is 153 cm³/mol. The highest BCUT2D eigenvalue weighted by Gasteiger charge is 2.22. The van der Waals surface area contributed by atoms with Crippen LogP contribution < -0.4 is 0 Å². The molecule has 1 aromatic heterocycles. The molecular formula is C30H31N3O3S2. The van der Waals surface area contributed by atoms with Gasteiger partial charge in [0.25, 0.3) is 5.91 Å². The molecule has 196 valence electrons. The van der Waals surface area contributed by atoms with Crippen LogP contribution in [0, 0.1) is 0 Å². The SMILES string of the molecule is CSc1ccccc1CN1CCCN(C(=O)c2ccc(CS(=O)(=O)c3cccc4cccnc34)cc2)CC1. The third-order valence-corrected chi connectivity index (χ3v) is 9.50. The van der Waals surface area contributed by atoms with Gasteiger partial charge in [0.05, 0.1) is 16.2 Å². The van der Waals surface area contributed by atoms with Gasteiger partial charge in [0, 0.05) is 54.8 Å². The Morgan fingerprint density at radius 3 is 2.50 bits per heavy atom. The lowest BCUT2D eigenvalue weighted by atomic mass is 10.1. The molecule has 4 aromatic rings. The lowest BCUT2D eigenvalue weighted by molar-refractivity contribution is 0.0761. The van der Waals surface area contributed by atoms with Gasteiger partial charge >= 0.3 is 0 Å². The minimum absolute atomic E-state index is 0.0102. The number of carbonyl (C=O) groups excluding carboxylic acids is 1. The van der Waals surface area contributed by atoms with Crippen LogP contribution in [-0.2, 0) is 22.1 Å². The zero-order chi connectivity index (χ0) is 26.5. The van der Waals surface area contributed by atoms with Gasteiger partial charge in [0.2, 0.25) is 0 Å². The summed E-state index contributed by atoms with van der Waals surface area (Å²) in [5.74, 6) is -0.156. The summed E-state index contributed by atoms with van der Waals surface area (Å²) in [5, 5.41) is 0.791. The van der Waals surface area contributed by atoms with Crippen LogP contribution >= 0.6 is 11.8 Å². The number of fused-ring (bicyclic) bond motifs is 1. The van der Waals surface area contributed by atoms with E-state index >= 15 is 0 Å². The second kappa shape index (κ2) is 11.7. The molecule has 0 bridgehead atoms. The number of benzene rings is 3. The van der Waals surface area contributed by atoms with Gasteiger partial charge in [-0.15, -0.1) is 11.8 Å². The predicted octanol–water partition coefficient (Wildman–Crippen LogP) is 5.28. The molecule has 0 unspecified atom stereocenters. The van der Waals surface area contributed by atoms with Crippen molar-refractivity contribution in [1.29, 1.82) is 0 Å². The number of para-hydroxylation sites is 1. The van der Waals surface area contributed by atoms with E-state index in [-0.39, 0.29) is 16.6 Å². The van der Waals surface area contributed by atoms with E-state index in [1.54, 1.807) is 60.4 Å². The minimum Gasteiger partial charge on any atom is -0.337 e. The topological polar surface area (TPSA) is 70.6 Å². The minimum atomic E-state index is -3.60. The summed E-state index contributed by atoms with van der Waals surface area (Å²) in [6, 6.07) is 24.3. The van der Waals surface area contributed by atoms with Crippen LogP contribution in [0.3, 0.4) is 0 Å². The zero-order valence-electron chi connectivity index (χ0n) is 21.4. The molecule has 0 atom stereocenters. The highest BCUT2D eigenvalue weighted by Crippen LogP contribution is 2.25. The average molecular weight is 546 g/mol. The Hall–Kier alpha value is -3.20. The molecule has 0 aliphatic carbocycles. The average Bonchev–Trinajstić information content (AvgIpc) is 3.18. The van der Waals surface area contributed by atoms with Crippen molar-refractivity contribution in [2.75, 3.05) is 32.4 Å². The number of rotatable bonds is 7. The van der Waals surface area contributed by atoms with Crippen molar-refractivity contribution >= 4 is 38.4 Å². The van der Waals surface area contributed by atoms with Gasteiger partial charge in [-0.05, 0) is 54.1 Å². The first-order valence-corrected chi connectivity index (χ1v) is 15.6. The van der Waals surface area contributed by atoms with Crippen LogP contribution in [0.5, 0.6) is 0 Å². The van der Waals surface area contributed by atoms with E-state index in [2.05, 4.69) is 40.4 Å². The number of hydrogen-bond donors (Lipinski definition) is 0. The monoisotopic (exact) mass is 545 g/mol. The van der Waals surface area contributed by atoms with Crippen LogP contribution in [0.2, 0.25) is 0 Å². The molecule has 38 heavy (non-hydrogen) atoms. The van der Waals surface area contributed by atoms with Crippen molar-refractivity contribution in [3.05, 3.63) is 102 Å². The molecule has 1 saturated heterocycles. The summed E-state index contributed by atoms with van der Waals surface area (Å²) in [7, 11) is -3.60. The van der Waals surface area contributed by atoms with E-state index < -0.39 is 9.84 Å². The van der Waals surface area contributed by atoms with Crippen molar-refractivity contribution < 1.29 is 13.2 Å². The molecule has 8 heteroatoms. The van der Waals surface area contributed by atoms with Crippen LogP contribution in [0.25, 0.3) is 10.9 Å². The Labute approximate surface area is 228 Å². The lowest BCUT2D eigenvalue weighted by Gasteiger charge is -2.23. The van der Waals surface area contributed by atoms with E-state index in [9.17, 15) is 13.2 Å². The Morgan fingerprint density at radius 2 is 1.68 bits per heavy atom. The number of thioether (sulfide) groups is 1. The fraction of sp³-hybridized carbons (Fsp3) is 0.267. The lowest BCUT2D eigenvalue weighted by Crippen LogP contribution is -2.35. The Kier molecular flexibility index (Phi) is 8.12. The van der Waals surface area contributed by atoms with Gasteiger partial charge in [-0.2, -0.15) is 0 Å². The summed E-state index contributed by atoms with van der Waals surface area (Å²) < 4.78 is 26.4. The van der Waals surface area contributed by atoms with Crippen molar-refractivity contribution in [2.24, 2.45) is 0 Å². The number of carbonyl (C=O) groups is 1. The van der Waals surface area contributed by atoms with Crippen LogP contribution in [0.1, 0.15) is 27.9 Å². The van der Waals surface area contributed by atoms with Crippen molar-refractivity contribution in [1.82, 2.24) is 14.8 Å². The smallest absolute Gasteiger partial charge is 0.253 e. The molecule has 0 radical (unpaired) electrons. The number of aromatic nitrogens is 1. The first-order valence-electron chi connectivity index (χ1n) is 12.7. The van der Waals surface area contributed by atoms with E-state index in [0.29, 0.717) is 29.7 Å². The Bertz CT molecular complexity index is 1530. The Balaban J connectivity index is 1.23. The molecule has 6 nitrogen and oxygen atoms in total. The largest absolute Gasteiger partial charge is 0.337 e. The van der Waals surface area contributed by atoms with Gasteiger partial charge < -0.3 is 4.90 Å². The van der Waals surface area contributed by atoms with E-state index in [0.717, 1.165) is 31.4 Å². The van der Waals surface area contributed by atoms with E-state index in [1.165, 1.54) is 10.5 Å². The van der Waals surface area contributed by atoms with Gasteiger partial charge in [0.15, 0.2) is 9.84 Å². The third kappa shape index (κ3) is 5.93. The van der Waals surface area contributed by atoms with Crippen LogP contribution in [0.4, 0.5) is 0 Å². The fourth-order valence-corrected chi connectivity index (χ4v) is 7.10. The molecule has 5 rings (SSSR count).